The molecule has 0 spiro atoms. The van der Waals surface area contributed by atoms with Crippen LogP contribution in [-0.2, 0) is 0 Å². The van der Waals surface area contributed by atoms with Crippen LogP contribution < -0.4 is 10.2 Å². The number of aromatic nitrogens is 3. The first kappa shape index (κ1) is 13.6. The van der Waals surface area contributed by atoms with Crippen molar-refractivity contribution in [3.63, 3.8) is 0 Å². The van der Waals surface area contributed by atoms with E-state index in [1.54, 1.807) is 6.20 Å². The molecule has 0 amide bonds. The van der Waals surface area contributed by atoms with Crippen molar-refractivity contribution in [3.8, 4) is 0 Å². The van der Waals surface area contributed by atoms with Crippen LogP contribution >= 0.6 is 0 Å². The molecule has 0 fully saturated rings. The number of fused-ring (bicyclic) bond motifs is 1. The molecule has 0 radical (unpaired) electrons. The third-order valence-electron chi connectivity index (χ3n) is 2.95. The monoisotopic (exact) mass is 263 g/mol. The van der Waals surface area contributed by atoms with Crippen molar-refractivity contribution < 1.29 is 5.11 Å². The maximum atomic E-state index is 9.23. The highest BCUT2D eigenvalue weighted by atomic mass is 16.3. The molecule has 19 heavy (non-hydrogen) atoms. The lowest BCUT2D eigenvalue weighted by molar-refractivity contribution is 0.298. The van der Waals surface area contributed by atoms with Gasteiger partial charge in [0.05, 0.1) is 12.8 Å². The van der Waals surface area contributed by atoms with Crippen LogP contribution in [0.5, 0.6) is 0 Å². The van der Waals surface area contributed by atoms with Gasteiger partial charge in [0.15, 0.2) is 11.5 Å². The Balaban J connectivity index is 2.51. The predicted molar refractivity (Wildman–Crippen MR) is 76.7 cm³/mol. The Morgan fingerprint density at radius 3 is 2.89 bits per heavy atom. The summed E-state index contributed by atoms with van der Waals surface area (Å²) in [6.07, 6.45) is 5.58. The van der Waals surface area contributed by atoms with E-state index >= 15 is 0 Å². The minimum Gasteiger partial charge on any atom is -0.395 e. The van der Waals surface area contributed by atoms with Gasteiger partial charge in [-0.15, -0.1) is 0 Å². The molecule has 0 aliphatic carbocycles. The highest BCUT2D eigenvalue weighted by Crippen LogP contribution is 2.22. The maximum absolute atomic E-state index is 9.23. The number of rotatable bonds is 6. The van der Waals surface area contributed by atoms with Gasteiger partial charge in [-0.25, -0.2) is 9.97 Å². The highest BCUT2D eigenvalue weighted by molar-refractivity contribution is 5.67. The average molecular weight is 263 g/mol. The van der Waals surface area contributed by atoms with Crippen molar-refractivity contribution in [1.82, 2.24) is 14.4 Å². The summed E-state index contributed by atoms with van der Waals surface area (Å²) in [4.78, 5) is 11.0. The van der Waals surface area contributed by atoms with Gasteiger partial charge in [0.1, 0.15) is 5.82 Å². The van der Waals surface area contributed by atoms with Crippen LogP contribution in [0.3, 0.4) is 0 Å². The van der Waals surface area contributed by atoms with E-state index in [1.165, 1.54) is 0 Å². The van der Waals surface area contributed by atoms with Gasteiger partial charge in [-0.1, -0.05) is 0 Å². The summed E-state index contributed by atoms with van der Waals surface area (Å²) in [7, 11) is 0. The van der Waals surface area contributed by atoms with E-state index in [1.807, 2.05) is 23.7 Å². The van der Waals surface area contributed by atoms with Crippen LogP contribution in [0.1, 0.15) is 20.8 Å². The van der Waals surface area contributed by atoms with E-state index in [2.05, 4.69) is 34.0 Å². The molecule has 2 aromatic heterocycles. The first-order chi connectivity index (χ1) is 9.17. The highest BCUT2D eigenvalue weighted by Gasteiger charge is 2.17. The molecular formula is C13H21N5O. The lowest BCUT2D eigenvalue weighted by Gasteiger charge is -2.27. The van der Waals surface area contributed by atoms with Crippen LogP contribution in [0.15, 0.2) is 18.6 Å². The molecule has 0 saturated carbocycles. The molecule has 0 bridgehead atoms. The molecule has 6 heteroatoms. The van der Waals surface area contributed by atoms with Crippen LogP contribution in [0.2, 0.25) is 0 Å². The second kappa shape index (κ2) is 5.88. The third kappa shape index (κ3) is 2.78. The van der Waals surface area contributed by atoms with Crippen molar-refractivity contribution in [1.29, 1.82) is 0 Å². The van der Waals surface area contributed by atoms with E-state index < -0.39 is 0 Å². The number of nitrogens with zero attached hydrogens (tertiary/aromatic N) is 4. The number of imidazole rings is 1. The van der Waals surface area contributed by atoms with Gasteiger partial charge in [-0.2, -0.15) is 0 Å². The Morgan fingerprint density at radius 1 is 1.47 bits per heavy atom. The van der Waals surface area contributed by atoms with Crippen molar-refractivity contribution in [2.75, 3.05) is 29.9 Å². The fraction of sp³-hybridized carbons (Fsp3) is 0.538. The molecule has 0 unspecified atom stereocenters. The second-order valence-corrected chi connectivity index (χ2v) is 4.65. The fourth-order valence-corrected chi connectivity index (χ4v) is 2.09. The van der Waals surface area contributed by atoms with Crippen molar-refractivity contribution in [3.05, 3.63) is 18.6 Å². The molecule has 104 valence electrons. The summed E-state index contributed by atoms with van der Waals surface area (Å²) in [6, 6.07) is 0.247. The number of hydrogen-bond donors (Lipinski definition) is 2. The molecule has 0 aromatic carbocycles. The van der Waals surface area contributed by atoms with Crippen molar-refractivity contribution in [2.24, 2.45) is 0 Å². The van der Waals surface area contributed by atoms with Crippen LogP contribution in [0.4, 0.5) is 11.6 Å². The summed E-state index contributed by atoms with van der Waals surface area (Å²) in [5.74, 6) is 1.61. The van der Waals surface area contributed by atoms with Gasteiger partial charge >= 0.3 is 0 Å². The molecule has 0 atom stereocenters. The molecule has 6 nitrogen and oxygen atoms in total. The second-order valence-electron chi connectivity index (χ2n) is 4.65. The Kier molecular flexibility index (Phi) is 4.21. The zero-order chi connectivity index (χ0) is 13.8. The van der Waals surface area contributed by atoms with E-state index in [0.29, 0.717) is 6.54 Å². The molecule has 0 aliphatic heterocycles. The summed E-state index contributed by atoms with van der Waals surface area (Å²) >= 11 is 0. The lowest BCUT2D eigenvalue weighted by Crippen LogP contribution is -2.34. The molecule has 2 rings (SSSR count). The van der Waals surface area contributed by atoms with Crippen LogP contribution in [0, 0.1) is 0 Å². The Hall–Kier alpha value is -1.82. The lowest BCUT2D eigenvalue weighted by atomic mass is 10.3. The quantitative estimate of drug-likeness (QED) is 0.824. The summed E-state index contributed by atoms with van der Waals surface area (Å²) < 4.78 is 1.95. The zero-order valence-electron chi connectivity index (χ0n) is 11.7. The average Bonchev–Trinajstić information content (AvgIpc) is 2.83. The Bertz CT molecular complexity index is 537. The van der Waals surface area contributed by atoms with E-state index in [-0.39, 0.29) is 12.6 Å². The van der Waals surface area contributed by atoms with Crippen molar-refractivity contribution in [2.45, 2.75) is 26.8 Å². The van der Waals surface area contributed by atoms with Gasteiger partial charge in [0.2, 0.25) is 0 Å². The van der Waals surface area contributed by atoms with Crippen LogP contribution in [0.25, 0.3) is 5.65 Å². The fourth-order valence-electron chi connectivity index (χ4n) is 2.09. The van der Waals surface area contributed by atoms with E-state index in [9.17, 15) is 5.11 Å². The van der Waals surface area contributed by atoms with E-state index in [0.717, 1.165) is 23.8 Å². The standard InChI is InChI=1S/C13H21N5O/c1-4-14-11-9-17-6-5-15-12(17)13(16-11)18(7-8-19)10(2)3/h5-6,9-10,14,19H,4,7-8H2,1-3H3. The summed E-state index contributed by atoms with van der Waals surface area (Å²) in [5.41, 5.74) is 0.809. The smallest absolute Gasteiger partial charge is 0.180 e. The SMILES string of the molecule is CCNc1cn2ccnc2c(N(CCO)C(C)C)n1. The summed E-state index contributed by atoms with van der Waals surface area (Å²) in [6.45, 7) is 7.65. The van der Waals surface area contributed by atoms with Gasteiger partial charge in [0, 0.05) is 31.5 Å². The van der Waals surface area contributed by atoms with Gasteiger partial charge in [-0.05, 0) is 20.8 Å². The minimum atomic E-state index is 0.0954. The van der Waals surface area contributed by atoms with Gasteiger partial charge < -0.3 is 19.7 Å². The molecular weight excluding hydrogens is 242 g/mol. The number of nitrogens with one attached hydrogen (secondary N) is 1. The zero-order valence-corrected chi connectivity index (χ0v) is 11.7. The predicted octanol–water partition coefficient (Wildman–Crippen LogP) is 1.37. The number of anilines is 2. The number of aliphatic hydroxyl groups is 1. The Morgan fingerprint density at radius 2 is 2.26 bits per heavy atom. The maximum Gasteiger partial charge on any atom is 0.180 e. The number of aliphatic hydroxyl groups excluding tert-OH is 1. The first-order valence-corrected chi connectivity index (χ1v) is 6.62. The largest absolute Gasteiger partial charge is 0.395 e. The van der Waals surface area contributed by atoms with Gasteiger partial charge in [-0.3, -0.25) is 0 Å². The molecule has 2 N–H and O–H groups in total. The minimum absolute atomic E-state index is 0.0954. The normalized spacial score (nSPS) is 11.2. The van der Waals surface area contributed by atoms with E-state index in [4.69, 9.17) is 0 Å². The van der Waals surface area contributed by atoms with Crippen molar-refractivity contribution >= 4 is 17.3 Å². The molecule has 0 saturated heterocycles. The Labute approximate surface area is 113 Å². The third-order valence-corrected chi connectivity index (χ3v) is 2.95. The number of hydrogen-bond acceptors (Lipinski definition) is 5. The van der Waals surface area contributed by atoms with Crippen LogP contribution in [-0.4, -0.2) is 45.2 Å². The topological polar surface area (TPSA) is 65.7 Å². The molecule has 2 aromatic rings. The molecule has 0 aliphatic rings. The summed E-state index contributed by atoms with van der Waals surface area (Å²) in [5, 5.41) is 12.4. The molecule has 2 heterocycles. The van der Waals surface area contributed by atoms with Gasteiger partial charge in [0.25, 0.3) is 0 Å². The first-order valence-electron chi connectivity index (χ1n) is 6.62.